The number of hydrogen-bond acceptors (Lipinski definition) is 6. The number of piperazine rings is 1. The number of allylic oxidation sites excluding steroid dienone is 3. The van der Waals surface area contributed by atoms with Gasteiger partial charge in [-0.05, 0) is 52.6 Å². The van der Waals surface area contributed by atoms with E-state index in [-0.39, 0.29) is 11.9 Å². The maximum atomic E-state index is 12.0. The second-order valence-electron chi connectivity index (χ2n) is 10.6. The fourth-order valence-electron chi connectivity index (χ4n) is 5.48. The molecule has 0 radical (unpaired) electrons. The van der Waals surface area contributed by atoms with Crippen molar-refractivity contribution < 1.29 is 4.79 Å². The van der Waals surface area contributed by atoms with E-state index in [1.54, 1.807) is 0 Å². The van der Waals surface area contributed by atoms with Crippen LogP contribution < -0.4 is 5.32 Å². The summed E-state index contributed by atoms with van der Waals surface area (Å²) in [5, 5.41) is 16.3. The predicted molar refractivity (Wildman–Crippen MR) is 175 cm³/mol. The Kier molecular flexibility index (Phi) is 11.8. The topological polar surface area (TPSA) is 79.2 Å². The molecule has 1 amide bonds. The molecule has 1 fully saturated rings. The van der Waals surface area contributed by atoms with Gasteiger partial charge in [0.2, 0.25) is 5.91 Å². The monoisotopic (exact) mass is 579 g/mol. The summed E-state index contributed by atoms with van der Waals surface area (Å²) in [7, 11) is 0. The zero-order valence-electron chi connectivity index (χ0n) is 26.2. The summed E-state index contributed by atoms with van der Waals surface area (Å²) in [6, 6.07) is 16.5. The molecule has 8 nitrogen and oxygen atoms in total. The molecule has 1 atom stereocenters. The summed E-state index contributed by atoms with van der Waals surface area (Å²) in [4.78, 5) is 17.0. The summed E-state index contributed by atoms with van der Waals surface area (Å²) >= 11 is 0. The molecule has 5 rings (SSSR count). The second kappa shape index (κ2) is 15.9. The highest BCUT2D eigenvalue weighted by atomic mass is 16.1. The Bertz CT molecular complexity index is 1440. The number of nitrogens with one attached hydrogen (secondary N) is 1. The van der Waals surface area contributed by atoms with Crippen LogP contribution in [0.5, 0.6) is 0 Å². The quantitative estimate of drug-likeness (QED) is 0.336. The van der Waals surface area contributed by atoms with Crippen LogP contribution in [0.1, 0.15) is 62.2 Å². The van der Waals surface area contributed by atoms with Gasteiger partial charge in [-0.2, -0.15) is 4.68 Å². The van der Waals surface area contributed by atoms with Gasteiger partial charge in [0, 0.05) is 51.3 Å². The molecule has 0 saturated carbocycles. The Morgan fingerprint density at radius 3 is 2.40 bits per heavy atom. The first-order chi connectivity index (χ1) is 21.0. The normalized spacial score (nSPS) is 16.6. The molecular formula is C35H45N7O. The highest BCUT2D eigenvalue weighted by Gasteiger charge is 2.32. The van der Waals surface area contributed by atoms with E-state index in [0.717, 1.165) is 66.6 Å². The van der Waals surface area contributed by atoms with Crippen LogP contribution in [0.3, 0.4) is 0 Å². The van der Waals surface area contributed by atoms with Crippen molar-refractivity contribution in [2.24, 2.45) is 0 Å². The molecule has 43 heavy (non-hydrogen) atoms. The Hall–Kier alpha value is -4.14. The van der Waals surface area contributed by atoms with Gasteiger partial charge in [0.25, 0.3) is 0 Å². The Balaban J connectivity index is 0.00000207. The van der Waals surface area contributed by atoms with Crippen molar-refractivity contribution in [3.8, 4) is 5.69 Å². The summed E-state index contributed by atoms with van der Waals surface area (Å²) in [6.45, 7) is 14.6. The standard InChI is InChI=1S/C33H39N7O.C2H6/c1-4-30(41)34-29-17-9-16-28(18-19-29)32(33-35-36-37-40(33)31-25(2)11-8-12-26(31)3)39-23-21-38(22-24-39)20-10-15-27-13-6-5-7-14-27;1-2/h5-16,18-19,32H,4,17,20-24H2,1-3H3,(H,34,41);1-2H3/b15-10+;/t32-;/m1./s1. The lowest BCUT2D eigenvalue weighted by Crippen LogP contribution is -2.48. The lowest BCUT2D eigenvalue weighted by molar-refractivity contribution is -0.120. The summed E-state index contributed by atoms with van der Waals surface area (Å²) < 4.78 is 1.91. The molecule has 8 heteroatoms. The van der Waals surface area contributed by atoms with Crippen LogP contribution in [0.25, 0.3) is 11.8 Å². The minimum Gasteiger partial charge on any atom is -0.329 e. The number of para-hydroxylation sites is 1. The summed E-state index contributed by atoms with van der Waals surface area (Å²) in [6.07, 6.45) is 14.0. The van der Waals surface area contributed by atoms with E-state index in [1.807, 2.05) is 37.6 Å². The highest BCUT2D eigenvalue weighted by Crippen LogP contribution is 2.32. The van der Waals surface area contributed by atoms with Gasteiger partial charge < -0.3 is 5.32 Å². The first-order valence-electron chi connectivity index (χ1n) is 15.4. The van der Waals surface area contributed by atoms with E-state index >= 15 is 0 Å². The average molecular weight is 580 g/mol. The molecule has 2 aromatic carbocycles. The summed E-state index contributed by atoms with van der Waals surface area (Å²) in [5.41, 5.74) is 6.49. The molecule has 0 unspecified atom stereocenters. The van der Waals surface area contributed by atoms with Crippen LogP contribution in [-0.4, -0.2) is 68.6 Å². The number of rotatable bonds is 9. The number of amides is 1. The van der Waals surface area contributed by atoms with Crippen molar-refractivity contribution in [1.29, 1.82) is 0 Å². The number of aryl methyl sites for hydroxylation is 2. The lowest BCUT2D eigenvalue weighted by Gasteiger charge is -2.39. The second-order valence-corrected chi connectivity index (χ2v) is 10.6. The molecule has 1 aliphatic heterocycles. The summed E-state index contributed by atoms with van der Waals surface area (Å²) in [5.74, 6) is 0.819. The molecule has 1 aromatic heterocycles. The van der Waals surface area contributed by atoms with Crippen LogP contribution in [0.4, 0.5) is 0 Å². The Labute approximate surface area is 256 Å². The lowest BCUT2D eigenvalue weighted by atomic mass is 10.0. The van der Waals surface area contributed by atoms with Gasteiger partial charge in [0.05, 0.1) is 11.7 Å². The smallest absolute Gasteiger partial charge is 0.223 e. The molecule has 1 saturated heterocycles. The highest BCUT2D eigenvalue weighted by molar-refractivity contribution is 5.77. The first-order valence-corrected chi connectivity index (χ1v) is 15.4. The predicted octanol–water partition coefficient (Wildman–Crippen LogP) is 5.97. The molecule has 226 valence electrons. The molecule has 2 heterocycles. The molecular weight excluding hydrogens is 534 g/mol. The number of aromatic nitrogens is 4. The number of nitrogens with zero attached hydrogens (tertiary/aromatic N) is 6. The van der Waals surface area contributed by atoms with E-state index in [9.17, 15) is 4.79 Å². The van der Waals surface area contributed by atoms with Gasteiger partial charge in [0.15, 0.2) is 5.82 Å². The first kappa shape index (κ1) is 31.8. The maximum absolute atomic E-state index is 12.0. The minimum absolute atomic E-state index is 0.0226. The fourth-order valence-corrected chi connectivity index (χ4v) is 5.48. The molecule has 3 aromatic rings. The van der Waals surface area contributed by atoms with Crippen molar-refractivity contribution in [3.63, 3.8) is 0 Å². The van der Waals surface area contributed by atoms with E-state index < -0.39 is 0 Å². The van der Waals surface area contributed by atoms with E-state index in [4.69, 9.17) is 0 Å². The van der Waals surface area contributed by atoms with E-state index in [1.165, 1.54) is 5.56 Å². The van der Waals surface area contributed by atoms with E-state index in [0.29, 0.717) is 12.8 Å². The van der Waals surface area contributed by atoms with Gasteiger partial charge in [-0.1, -0.05) is 99.7 Å². The van der Waals surface area contributed by atoms with E-state index in [2.05, 4.69) is 117 Å². The van der Waals surface area contributed by atoms with Gasteiger partial charge >= 0.3 is 0 Å². The third kappa shape index (κ3) is 8.24. The van der Waals surface area contributed by atoms with Gasteiger partial charge in [-0.3, -0.25) is 14.6 Å². The number of carbonyl (C=O) groups is 1. The molecule has 0 bridgehead atoms. The van der Waals surface area contributed by atoms with Crippen molar-refractivity contribution in [2.45, 2.75) is 53.5 Å². The number of benzene rings is 2. The Morgan fingerprint density at radius 2 is 1.70 bits per heavy atom. The van der Waals surface area contributed by atoms with Crippen molar-refractivity contribution in [1.82, 2.24) is 35.3 Å². The van der Waals surface area contributed by atoms with Crippen molar-refractivity contribution in [2.75, 3.05) is 32.7 Å². The van der Waals surface area contributed by atoms with Crippen molar-refractivity contribution >= 4 is 12.0 Å². The minimum atomic E-state index is -0.139. The van der Waals surface area contributed by atoms with Gasteiger partial charge in [0.1, 0.15) is 0 Å². The van der Waals surface area contributed by atoms with Gasteiger partial charge in [-0.25, -0.2) is 0 Å². The molecule has 0 spiro atoms. The third-order valence-corrected chi connectivity index (χ3v) is 7.70. The number of hydrogen-bond donors (Lipinski definition) is 1. The van der Waals surface area contributed by atoms with Crippen molar-refractivity contribution in [3.05, 3.63) is 113 Å². The van der Waals surface area contributed by atoms with Crippen LogP contribution in [0, 0.1) is 13.8 Å². The molecule has 1 N–H and O–H groups in total. The van der Waals surface area contributed by atoms with Crippen LogP contribution >= 0.6 is 0 Å². The van der Waals surface area contributed by atoms with Gasteiger partial charge in [-0.15, -0.1) is 5.10 Å². The molecule has 1 aliphatic carbocycles. The number of carbonyl (C=O) groups excluding carboxylic acids is 1. The SMILES string of the molecule is CC.CCC(=O)NC1=CC=C([C@H](c2nnnn2-c2c(C)cccc2C)N2CCN(C/C=C/c3ccccc3)CC2)C=CC1. The van der Waals surface area contributed by atoms with Crippen LogP contribution in [0.15, 0.2) is 90.2 Å². The zero-order chi connectivity index (χ0) is 30.6. The fraction of sp³-hybridized carbons (Fsp3) is 0.371. The van der Waals surface area contributed by atoms with Crippen LogP contribution in [-0.2, 0) is 4.79 Å². The number of tetrazole rings is 1. The Morgan fingerprint density at radius 1 is 0.977 bits per heavy atom. The molecule has 2 aliphatic rings. The van der Waals surface area contributed by atoms with Crippen LogP contribution in [0.2, 0.25) is 0 Å². The average Bonchev–Trinajstić information content (AvgIpc) is 3.38. The third-order valence-electron chi connectivity index (χ3n) is 7.70. The largest absolute Gasteiger partial charge is 0.329 e. The maximum Gasteiger partial charge on any atom is 0.223 e. The zero-order valence-corrected chi connectivity index (χ0v) is 26.2.